The monoisotopic (exact) mass is 551 g/mol. The summed E-state index contributed by atoms with van der Waals surface area (Å²) in [5, 5.41) is 10.1. The fraction of sp³-hybridized carbons (Fsp3) is 0.724. The molecule has 0 unspecified atom stereocenters. The fourth-order valence-electron chi connectivity index (χ4n) is 5.37. The summed E-state index contributed by atoms with van der Waals surface area (Å²) < 4.78 is 6.21. The van der Waals surface area contributed by atoms with Crippen molar-refractivity contribution in [3.63, 3.8) is 0 Å². The van der Waals surface area contributed by atoms with Crippen molar-refractivity contribution in [1.82, 2.24) is 0 Å². The molecule has 0 bridgehead atoms. The normalized spacial score (nSPS) is 25.2. The van der Waals surface area contributed by atoms with Gasteiger partial charge in [0.1, 0.15) is 0 Å². The number of aromatic carboxylic acids is 1. The first-order valence-electron chi connectivity index (χ1n) is 14.0. The molecule has 1 aromatic rings. The van der Waals surface area contributed by atoms with E-state index >= 15 is 0 Å². The van der Waals surface area contributed by atoms with Crippen LogP contribution in [0.3, 0.4) is 0 Å². The number of carbonyl (C=O) groups is 2. The second-order valence-electron chi connectivity index (χ2n) is 12.0. The molecule has 0 saturated heterocycles. The van der Waals surface area contributed by atoms with Gasteiger partial charge in [0, 0.05) is 0 Å². The molecule has 0 aromatic carbocycles. The van der Waals surface area contributed by atoms with E-state index in [0.717, 1.165) is 62.7 Å². The van der Waals surface area contributed by atoms with Crippen LogP contribution in [-0.4, -0.2) is 46.3 Å². The molecule has 0 aliphatic heterocycles. The summed E-state index contributed by atoms with van der Waals surface area (Å²) in [6, 6.07) is 1.74. The number of carbonyl (C=O) groups excluding carboxylic acids is 1. The van der Waals surface area contributed by atoms with Gasteiger partial charge >= 0.3 is 207 Å². The number of hydrogen-bond acceptors (Lipinski definition) is 5. The van der Waals surface area contributed by atoms with E-state index in [9.17, 15) is 19.6 Å². The first-order chi connectivity index (χ1) is 17.4. The molecule has 0 spiro atoms. The van der Waals surface area contributed by atoms with Gasteiger partial charge < -0.3 is 0 Å². The van der Waals surface area contributed by atoms with E-state index in [1.165, 1.54) is 0 Å². The number of rotatable bonds is 8. The van der Waals surface area contributed by atoms with Crippen LogP contribution in [0.25, 0.3) is 0 Å². The molecule has 1 aromatic heterocycles. The topological polar surface area (TPSA) is 87.1 Å². The number of amides is 1. The number of carboxylic acids is 1. The summed E-state index contributed by atoms with van der Waals surface area (Å²) >= 11 is 1.16. The van der Waals surface area contributed by atoms with Crippen LogP contribution in [0.4, 0.5) is 5.69 Å². The minimum absolute atomic E-state index is 0.00469. The summed E-state index contributed by atoms with van der Waals surface area (Å²) in [6.07, 6.45) is 8.07. The Balaban J connectivity index is 1.92. The summed E-state index contributed by atoms with van der Waals surface area (Å²) in [7, 11) is -2.67. The van der Waals surface area contributed by atoms with E-state index < -0.39 is 13.7 Å². The Kier molecular flexibility index (Phi) is 10.3. The van der Waals surface area contributed by atoms with Crippen LogP contribution >= 0.6 is 19.1 Å². The molecule has 3 rings (SSSR count). The predicted molar refractivity (Wildman–Crippen MR) is 155 cm³/mol. The Morgan fingerprint density at radius 1 is 1.08 bits per heavy atom. The number of carboxylic acid groups (broad SMARTS) is 1. The Morgan fingerprint density at radius 2 is 1.68 bits per heavy atom. The summed E-state index contributed by atoms with van der Waals surface area (Å²) in [6.45, 7) is 12.3. The summed E-state index contributed by atoms with van der Waals surface area (Å²) in [5.41, 5.74) is 0.291. The Morgan fingerprint density at radius 3 is 2.19 bits per heavy atom. The number of hydrogen-bond donors (Lipinski definition) is 2. The van der Waals surface area contributed by atoms with Gasteiger partial charge in [-0.2, -0.15) is 0 Å². The first-order valence-corrected chi connectivity index (χ1v) is 17.1. The van der Waals surface area contributed by atoms with E-state index in [0.29, 0.717) is 28.8 Å². The Labute approximate surface area is 227 Å². The second-order valence-corrected chi connectivity index (χ2v) is 16.6. The molecule has 2 aliphatic carbocycles. The van der Waals surface area contributed by atoms with Gasteiger partial charge in [-0.25, -0.2) is 0 Å². The minimum atomic E-state index is -2.67. The molecule has 2 fully saturated rings. The van der Waals surface area contributed by atoms with Gasteiger partial charge in [-0.1, -0.05) is 0 Å². The Hall–Kier alpha value is -1.45. The van der Waals surface area contributed by atoms with Crippen molar-refractivity contribution < 1.29 is 24.1 Å². The maximum absolute atomic E-state index is 14.0. The molecule has 208 valence electrons. The molecule has 0 atom stereocenters. The molecule has 2 aliphatic rings. The van der Waals surface area contributed by atoms with Gasteiger partial charge in [-0.15, -0.1) is 0 Å². The van der Waals surface area contributed by atoms with Crippen molar-refractivity contribution in [2.45, 2.75) is 105 Å². The van der Waals surface area contributed by atoms with Gasteiger partial charge in [-0.3, -0.25) is 0 Å². The third kappa shape index (κ3) is 8.02. The molecule has 37 heavy (non-hydrogen) atoms. The van der Waals surface area contributed by atoms with Crippen molar-refractivity contribution in [1.29, 1.82) is 0 Å². The van der Waals surface area contributed by atoms with Crippen LogP contribution in [0.2, 0.25) is 0 Å². The van der Waals surface area contributed by atoms with E-state index in [2.05, 4.69) is 18.8 Å². The second kappa shape index (κ2) is 12.6. The van der Waals surface area contributed by atoms with Crippen LogP contribution in [0.15, 0.2) is 6.07 Å². The molecule has 6 nitrogen and oxygen atoms in total. The van der Waals surface area contributed by atoms with E-state index in [1.54, 1.807) is 0 Å². The van der Waals surface area contributed by atoms with Gasteiger partial charge in [-0.05, 0) is 20.8 Å². The van der Waals surface area contributed by atoms with Crippen LogP contribution < -0.4 is 4.90 Å². The van der Waals surface area contributed by atoms with E-state index in [1.807, 2.05) is 45.6 Å². The fourth-order valence-corrected chi connectivity index (χ4v) is 7.90. The Bertz CT molecular complexity index is 1000. The van der Waals surface area contributed by atoms with Gasteiger partial charge in [0.15, 0.2) is 0 Å². The number of anilines is 1. The van der Waals surface area contributed by atoms with Crippen molar-refractivity contribution in [2.75, 3.05) is 17.2 Å². The molecule has 2 saturated carbocycles. The molecule has 1 heterocycles. The molecule has 1 amide bonds. The maximum atomic E-state index is 14.0. The van der Waals surface area contributed by atoms with Gasteiger partial charge in [0.2, 0.25) is 0 Å². The van der Waals surface area contributed by atoms with Crippen LogP contribution in [0.1, 0.15) is 107 Å². The molecular formula is C29H46NO5PS. The van der Waals surface area contributed by atoms with Crippen molar-refractivity contribution in [3.8, 4) is 11.8 Å². The van der Waals surface area contributed by atoms with Crippen LogP contribution in [0.5, 0.6) is 0 Å². The van der Waals surface area contributed by atoms with E-state index in [-0.39, 0.29) is 34.3 Å². The number of thiophene rings is 1. The van der Waals surface area contributed by atoms with Crippen molar-refractivity contribution >= 4 is 36.6 Å². The third-order valence-electron chi connectivity index (χ3n) is 7.83. The standard InChI is InChI=1S/C29H46NO5PS/c1-7-36(34,8-2)35-23-15-13-22(14-16-23)30(27(31)21-11-9-20(3)10-12-21)25-19-24(17-18-29(4,5)6)37-26(25)28(32)33/h19-23,34,36H,7-16H2,1-6H3,(H,32,33)/t20-,21-,22-,23-. The van der Waals surface area contributed by atoms with Gasteiger partial charge in [0.25, 0.3) is 0 Å². The third-order valence-corrected chi connectivity index (χ3v) is 11.8. The molecule has 8 heteroatoms. The van der Waals surface area contributed by atoms with E-state index in [4.69, 9.17) is 4.52 Å². The predicted octanol–water partition coefficient (Wildman–Crippen LogP) is 6.94. The van der Waals surface area contributed by atoms with Crippen LogP contribution in [-0.2, 0) is 9.32 Å². The molecule has 2 N–H and O–H groups in total. The molecular weight excluding hydrogens is 505 g/mol. The average molecular weight is 552 g/mol. The van der Waals surface area contributed by atoms with Crippen LogP contribution in [0, 0.1) is 29.1 Å². The average Bonchev–Trinajstić information content (AvgIpc) is 3.28. The zero-order valence-electron chi connectivity index (χ0n) is 23.4. The zero-order valence-corrected chi connectivity index (χ0v) is 25.2. The number of nitrogens with zero attached hydrogens (tertiary/aromatic N) is 1. The SMILES string of the molecule is CC[PH](O)(CC)O[C@H]1CC[C@H](N(c2cc(C#CC(C)(C)C)sc2C(=O)O)C(=O)[C@H]2CC[C@H](C)CC2)CC1. The van der Waals surface area contributed by atoms with Crippen molar-refractivity contribution in [2.24, 2.45) is 17.3 Å². The van der Waals surface area contributed by atoms with Crippen molar-refractivity contribution in [3.05, 3.63) is 15.8 Å². The van der Waals surface area contributed by atoms with Gasteiger partial charge in [0.05, 0.1) is 0 Å². The summed E-state index contributed by atoms with van der Waals surface area (Å²) in [4.78, 5) is 39.9. The first kappa shape index (κ1) is 30.1. The molecule has 0 radical (unpaired) electrons. The zero-order chi connectivity index (χ0) is 27.4. The quantitative estimate of drug-likeness (QED) is 0.270. The summed E-state index contributed by atoms with van der Waals surface area (Å²) in [5.74, 6) is 5.94.